The summed E-state index contributed by atoms with van der Waals surface area (Å²) in [6, 6.07) is 1.87. The minimum atomic E-state index is -0.0474. The van der Waals surface area contributed by atoms with Gasteiger partial charge in [-0.2, -0.15) is 5.10 Å². The quantitative estimate of drug-likeness (QED) is 0.812. The van der Waals surface area contributed by atoms with Crippen molar-refractivity contribution in [1.82, 2.24) is 15.1 Å². The lowest BCUT2D eigenvalue weighted by Gasteiger charge is -2.21. The Hall–Kier alpha value is -1.78. The SMILES string of the molecule is Cc1cc(N)n(CC(=O)NC(C)C2=CCCCC2)n1. The highest BCUT2D eigenvalue weighted by molar-refractivity contribution is 5.76. The third-order valence-electron chi connectivity index (χ3n) is 3.49. The molecule has 0 aliphatic heterocycles. The minimum Gasteiger partial charge on any atom is -0.384 e. The summed E-state index contributed by atoms with van der Waals surface area (Å²) < 4.78 is 1.53. The number of rotatable bonds is 4. The second kappa shape index (κ2) is 5.91. The number of carbonyl (C=O) groups is 1. The van der Waals surface area contributed by atoms with Crippen LogP contribution in [0.25, 0.3) is 0 Å². The van der Waals surface area contributed by atoms with E-state index in [-0.39, 0.29) is 18.5 Å². The summed E-state index contributed by atoms with van der Waals surface area (Å²) >= 11 is 0. The zero-order valence-corrected chi connectivity index (χ0v) is 11.6. The molecule has 1 amide bonds. The first kappa shape index (κ1) is 13.6. The lowest BCUT2D eigenvalue weighted by atomic mass is 9.95. The molecule has 1 heterocycles. The molecule has 104 valence electrons. The molecule has 0 spiro atoms. The fourth-order valence-corrected chi connectivity index (χ4v) is 2.46. The van der Waals surface area contributed by atoms with Gasteiger partial charge in [-0.3, -0.25) is 4.79 Å². The monoisotopic (exact) mass is 262 g/mol. The second-order valence-electron chi connectivity index (χ2n) is 5.18. The van der Waals surface area contributed by atoms with E-state index in [9.17, 15) is 4.79 Å². The summed E-state index contributed by atoms with van der Waals surface area (Å²) in [7, 11) is 0. The van der Waals surface area contributed by atoms with Crippen molar-refractivity contribution in [3.8, 4) is 0 Å². The van der Waals surface area contributed by atoms with Crippen LogP contribution in [0.2, 0.25) is 0 Å². The molecule has 0 bridgehead atoms. The number of carbonyl (C=O) groups excluding carboxylic acids is 1. The molecule has 1 unspecified atom stereocenters. The van der Waals surface area contributed by atoms with E-state index in [1.54, 1.807) is 6.07 Å². The second-order valence-corrected chi connectivity index (χ2v) is 5.18. The van der Waals surface area contributed by atoms with Crippen molar-refractivity contribution in [3.05, 3.63) is 23.4 Å². The van der Waals surface area contributed by atoms with Crippen molar-refractivity contribution in [1.29, 1.82) is 0 Å². The van der Waals surface area contributed by atoms with Crippen LogP contribution < -0.4 is 11.1 Å². The van der Waals surface area contributed by atoms with E-state index < -0.39 is 0 Å². The van der Waals surface area contributed by atoms with Gasteiger partial charge >= 0.3 is 0 Å². The highest BCUT2D eigenvalue weighted by atomic mass is 16.2. The maximum Gasteiger partial charge on any atom is 0.242 e. The van der Waals surface area contributed by atoms with Crippen molar-refractivity contribution in [3.63, 3.8) is 0 Å². The van der Waals surface area contributed by atoms with Crippen LogP contribution in [0.5, 0.6) is 0 Å². The molecule has 19 heavy (non-hydrogen) atoms. The molecule has 3 N–H and O–H groups in total. The van der Waals surface area contributed by atoms with Gasteiger partial charge in [-0.25, -0.2) is 4.68 Å². The van der Waals surface area contributed by atoms with Crippen molar-refractivity contribution < 1.29 is 4.79 Å². The van der Waals surface area contributed by atoms with Crippen molar-refractivity contribution in [2.45, 2.75) is 52.1 Å². The predicted molar refractivity (Wildman–Crippen MR) is 75.5 cm³/mol. The Bertz CT molecular complexity index is 490. The molecule has 1 aromatic heterocycles. The standard InChI is InChI=1S/C14H22N4O/c1-10-8-13(15)18(17-10)9-14(19)16-11(2)12-6-4-3-5-7-12/h6,8,11H,3-5,7,9,15H2,1-2H3,(H,16,19). The molecule has 1 aliphatic rings. The number of nitrogens with zero attached hydrogens (tertiary/aromatic N) is 2. The molecule has 5 heteroatoms. The van der Waals surface area contributed by atoms with E-state index in [1.807, 2.05) is 13.8 Å². The highest BCUT2D eigenvalue weighted by Gasteiger charge is 2.15. The number of aryl methyl sites for hydroxylation is 1. The van der Waals surface area contributed by atoms with Gasteiger partial charge in [0.15, 0.2) is 0 Å². The van der Waals surface area contributed by atoms with Gasteiger partial charge in [0.05, 0.1) is 5.69 Å². The summed E-state index contributed by atoms with van der Waals surface area (Å²) in [5.74, 6) is 0.478. The van der Waals surface area contributed by atoms with Gasteiger partial charge in [0.1, 0.15) is 12.4 Å². The number of nitrogens with two attached hydrogens (primary N) is 1. The Kier molecular flexibility index (Phi) is 4.24. The number of nitrogen functional groups attached to an aromatic ring is 1. The minimum absolute atomic E-state index is 0.0474. The molecule has 0 fully saturated rings. The number of anilines is 1. The molecule has 0 radical (unpaired) electrons. The van der Waals surface area contributed by atoms with Gasteiger partial charge in [-0.1, -0.05) is 11.6 Å². The van der Waals surface area contributed by atoms with E-state index >= 15 is 0 Å². The summed E-state index contributed by atoms with van der Waals surface area (Å²) in [4.78, 5) is 12.0. The first-order chi connectivity index (χ1) is 9.06. The van der Waals surface area contributed by atoms with Gasteiger partial charge in [0.25, 0.3) is 0 Å². The lowest BCUT2D eigenvalue weighted by molar-refractivity contribution is -0.122. The molecule has 0 saturated carbocycles. The Morgan fingerprint density at radius 3 is 2.95 bits per heavy atom. The van der Waals surface area contributed by atoms with Crippen molar-refractivity contribution in [2.24, 2.45) is 0 Å². The predicted octanol–water partition coefficient (Wildman–Crippen LogP) is 1.78. The summed E-state index contributed by atoms with van der Waals surface area (Å²) in [5.41, 5.74) is 7.94. The van der Waals surface area contributed by atoms with Gasteiger partial charge in [0.2, 0.25) is 5.91 Å². The fourth-order valence-electron chi connectivity index (χ4n) is 2.46. The number of hydrogen-bond acceptors (Lipinski definition) is 3. The van der Waals surface area contributed by atoms with Crippen LogP contribution in [-0.2, 0) is 11.3 Å². The Morgan fingerprint density at radius 1 is 1.58 bits per heavy atom. The first-order valence-corrected chi connectivity index (χ1v) is 6.84. The van der Waals surface area contributed by atoms with Crippen LogP contribution in [-0.4, -0.2) is 21.7 Å². The summed E-state index contributed by atoms with van der Waals surface area (Å²) in [6.45, 7) is 4.07. The van der Waals surface area contributed by atoms with Crippen LogP contribution in [0.3, 0.4) is 0 Å². The number of aromatic nitrogens is 2. The fraction of sp³-hybridized carbons (Fsp3) is 0.571. The molecule has 1 atom stereocenters. The molecule has 0 saturated heterocycles. The van der Waals surface area contributed by atoms with Crippen LogP contribution in [0.4, 0.5) is 5.82 Å². The van der Waals surface area contributed by atoms with Crippen molar-refractivity contribution >= 4 is 11.7 Å². The van der Waals surface area contributed by atoms with Crippen molar-refractivity contribution in [2.75, 3.05) is 5.73 Å². The third kappa shape index (κ3) is 3.59. The average Bonchev–Trinajstić information content (AvgIpc) is 2.68. The number of allylic oxidation sites excluding steroid dienone is 1. The van der Waals surface area contributed by atoms with Gasteiger partial charge in [-0.05, 0) is 39.5 Å². The summed E-state index contributed by atoms with van der Waals surface area (Å²) in [5, 5.41) is 7.20. The molecule has 5 nitrogen and oxygen atoms in total. The van der Waals surface area contributed by atoms with E-state index in [0.29, 0.717) is 5.82 Å². The van der Waals surface area contributed by atoms with Gasteiger partial charge < -0.3 is 11.1 Å². The summed E-state index contributed by atoms with van der Waals surface area (Å²) in [6.07, 6.45) is 6.94. The Labute approximate surface area is 113 Å². The number of hydrogen-bond donors (Lipinski definition) is 2. The van der Waals surface area contributed by atoms with Gasteiger partial charge in [0, 0.05) is 12.1 Å². The maximum absolute atomic E-state index is 12.0. The van der Waals surface area contributed by atoms with Gasteiger partial charge in [-0.15, -0.1) is 0 Å². The van der Waals surface area contributed by atoms with Crippen LogP contribution in [0.15, 0.2) is 17.7 Å². The normalized spacial score (nSPS) is 16.8. The molecular formula is C14H22N4O. The molecule has 2 rings (SSSR count). The van der Waals surface area contributed by atoms with E-state index in [0.717, 1.165) is 18.5 Å². The molecular weight excluding hydrogens is 240 g/mol. The lowest BCUT2D eigenvalue weighted by Crippen LogP contribution is -2.37. The molecule has 0 aromatic carbocycles. The smallest absolute Gasteiger partial charge is 0.242 e. The Balaban J connectivity index is 1.90. The van der Waals surface area contributed by atoms with Crippen LogP contribution in [0, 0.1) is 6.92 Å². The zero-order chi connectivity index (χ0) is 13.8. The number of nitrogens with one attached hydrogen (secondary N) is 1. The van der Waals surface area contributed by atoms with E-state index in [2.05, 4.69) is 16.5 Å². The largest absolute Gasteiger partial charge is 0.384 e. The third-order valence-corrected chi connectivity index (χ3v) is 3.49. The van der Waals surface area contributed by atoms with Crippen LogP contribution in [0.1, 0.15) is 38.3 Å². The highest BCUT2D eigenvalue weighted by Crippen LogP contribution is 2.20. The van der Waals surface area contributed by atoms with E-state index in [4.69, 9.17) is 5.73 Å². The molecule has 1 aromatic rings. The molecule has 1 aliphatic carbocycles. The maximum atomic E-state index is 12.0. The van der Waals surface area contributed by atoms with E-state index in [1.165, 1.54) is 23.1 Å². The Morgan fingerprint density at radius 2 is 2.37 bits per heavy atom. The topological polar surface area (TPSA) is 72.9 Å². The average molecular weight is 262 g/mol. The zero-order valence-electron chi connectivity index (χ0n) is 11.6. The first-order valence-electron chi connectivity index (χ1n) is 6.84. The number of amides is 1. The van der Waals surface area contributed by atoms with Crippen LogP contribution >= 0.6 is 0 Å².